The summed E-state index contributed by atoms with van der Waals surface area (Å²) in [5.41, 5.74) is 1.33. The zero-order valence-electron chi connectivity index (χ0n) is 12.5. The van der Waals surface area contributed by atoms with Gasteiger partial charge in [-0.15, -0.1) is 11.3 Å². The molecule has 0 saturated carbocycles. The van der Waals surface area contributed by atoms with Crippen LogP contribution in [0.4, 0.5) is 0 Å². The molecule has 1 fully saturated rings. The fraction of sp³-hybridized carbons (Fsp3) is 0.278. The van der Waals surface area contributed by atoms with Crippen molar-refractivity contribution in [3.8, 4) is 0 Å². The summed E-state index contributed by atoms with van der Waals surface area (Å²) >= 11 is 1.65. The molecule has 2 heterocycles. The van der Waals surface area contributed by atoms with Crippen molar-refractivity contribution in [3.63, 3.8) is 0 Å². The monoisotopic (exact) mass is 312 g/mol. The van der Waals surface area contributed by atoms with E-state index in [1.165, 1.54) is 5.56 Å². The van der Waals surface area contributed by atoms with Gasteiger partial charge in [0.05, 0.1) is 0 Å². The van der Waals surface area contributed by atoms with Crippen molar-refractivity contribution >= 4 is 23.3 Å². The average molecular weight is 312 g/mol. The van der Waals surface area contributed by atoms with Gasteiger partial charge in [0.15, 0.2) is 0 Å². The number of piperazine rings is 1. The lowest BCUT2D eigenvalue weighted by molar-refractivity contribution is -0.127. The Labute approximate surface area is 135 Å². The summed E-state index contributed by atoms with van der Waals surface area (Å²) in [6, 6.07) is 14.5. The first-order valence-corrected chi connectivity index (χ1v) is 8.46. The standard InChI is InChI=1S/C18H20N2OS/c21-18(9-8-17-7-4-14-22-17)20-12-10-19(11-13-20)15-16-5-2-1-3-6-16/h1-9,14H,10-13,15H2/b9-8+. The summed E-state index contributed by atoms with van der Waals surface area (Å²) in [7, 11) is 0. The smallest absolute Gasteiger partial charge is 0.246 e. The van der Waals surface area contributed by atoms with E-state index >= 15 is 0 Å². The van der Waals surface area contributed by atoms with Gasteiger partial charge in [0.1, 0.15) is 0 Å². The van der Waals surface area contributed by atoms with Gasteiger partial charge in [0, 0.05) is 43.7 Å². The van der Waals surface area contributed by atoms with E-state index in [-0.39, 0.29) is 5.91 Å². The first kappa shape index (κ1) is 15.0. The number of carbonyl (C=O) groups excluding carboxylic acids is 1. The number of amides is 1. The maximum absolute atomic E-state index is 12.2. The van der Waals surface area contributed by atoms with Crippen molar-refractivity contribution in [3.05, 3.63) is 64.4 Å². The van der Waals surface area contributed by atoms with Crippen LogP contribution in [0.3, 0.4) is 0 Å². The molecule has 2 aromatic rings. The molecule has 0 unspecified atom stereocenters. The number of hydrogen-bond acceptors (Lipinski definition) is 3. The summed E-state index contributed by atoms with van der Waals surface area (Å²) < 4.78 is 0. The van der Waals surface area contributed by atoms with Crippen LogP contribution in [0.5, 0.6) is 0 Å². The quantitative estimate of drug-likeness (QED) is 0.810. The highest BCUT2D eigenvalue weighted by atomic mass is 32.1. The average Bonchev–Trinajstić information content (AvgIpc) is 3.08. The summed E-state index contributed by atoms with van der Waals surface area (Å²) in [4.78, 5) is 17.6. The number of carbonyl (C=O) groups is 1. The highest BCUT2D eigenvalue weighted by Gasteiger charge is 2.19. The van der Waals surface area contributed by atoms with Crippen LogP contribution in [0.1, 0.15) is 10.4 Å². The molecular formula is C18H20N2OS. The molecule has 4 heteroatoms. The van der Waals surface area contributed by atoms with Gasteiger partial charge < -0.3 is 4.90 Å². The molecule has 0 bridgehead atoms. The third kappa shape index (κ3) is 4.06. The fourth-order valence-electron chi connectivity index (χ4n) is 2.61. The number of nitrogens with zero attached hydrogens (tertiary/aromatic N) is 2. The fourth-order valence-corrected chi connectivity index (χ4v) is 3.23. The van der Waals surface area contributed by atoms with Crippen LogP contribution in [-0.2, 0) is 11.3 Å². The topological polar surface area (TPSA) is 23.6 Å². The van der Waals surface area contributed by atoms with E-state index in [4.69, 9.17) is 0 Å². The molecule has 22 heavy (non-hydrogen) atoms. The van der Waals surface area contributed by atoms with Crippen molar-refractivity contribution in [2.24, 2.45) is 0 Å². The molecule has 3 rings (SSSR count). The molecular weight excluding hydrogens is 292 g/mol. The van der Waals surface area contributed by atoms with E-state index in [0.29, 0.717) is 0 Å². The second kappa shape index (κ2) is 7.38. The van der Waals surface area contributed by atoms with Gasteiger partial charge in [0.25, 0.3) is 0 Å². The lowest BCUT2D eigenvalue weighted by Crippen LogP contribution is -2.47. The lowest BCUT2D eigenvalue weighted by atomic mass is 10.2. The lowest BCUT2D eigenvalue weighted by Gasteiger charge is -2.34. The van der Waals surface area contributed by atoms with Crippen LogP contribution in [0.25, 0.3) is 6.08 Å². The second-order valence-corrected chi connectivity index (χ2v) is 6.42. The van der Waals surface area contributed by atoms with Crippen LogP contribution in [0, 0.1) is 0 Å². The predicted octanol–water partition coefficient (Wildman–Crippen LogP) is 3.11. The van der Waals surface area contributed by atoms with E-state index in [1.54, 1.807) is 17.4 Å². The van der Waals surface area contributed by atoms with Crippen LogP contribution in [0.15, 0.2) is 53.9 Å². The maximum atomic E-state index is 12.2. The van der Waals surface area contributed by atoms with Gasteiger partial charge in [-0.2, -0.15) is 0 Å². The number of thiophene rings is 1. The molecule has 1 aliphatic heterocycles. The highest BCUT2D eigenvalue weighted by Crippen LogP contribution is 2.12. The molecule has 1 saturated heterocycles. The SMILES string of the molecule is O=C(/C=C/c1cccs1)N1CCN(Cc2ccccc2)CC1. The first-order chi connectivity index (χ1) is 10.8. The number of hydrogen-bond donors (Lipinski definition) is 0. The summed E-state index contributed by atoms with van der Waals surface area (Å²) in [5, 5.41) is 2.02. The second-order valence-electron chi connectivity index (χ2n) is 5.44. The Kier molecular flexibility index (Phi) is 5.03. The Morgan fingerprint density at radius 1 is 1.05 bits per heavy atom. The van der Waals surface area contributed by atoms with Gasteiger partial charge in [0.2, 0.25) is 5.91 Å². The molecule has 1 amide bonds. The molecule has 0 spiro atoms. The maximum Gasteiger partial charge on any atom is 0.246 e. The molecule has 1 aromatic carbocycles. The van der Waals surface area contributed by atoms with Gasteiger partial charge in [-0.05, 0) is 23.1 Å². The molecule has 114 valence electrons. The van der Waals surface area contributed by atoms with Crippen molar-refractivity contribution in [2.45, 2.75) is 6.54 Å². The number of rotatable bonds is 4. The van der Waals surface area contributed by atoms with E-state index in [9.17, 15) is 4.79 Å². The van der Waals surface area contributed by atoms with Gasteiger partial charge in [-0.25, -0.2) is 0 Å². The van der Waals surface area contributed by atoms with Crippen LogP contribution >= 0.6 is 11.3 Å². The highest BCUT2D eigenvalue weighted by molar-refractivity contribution is 7.10. The van der Waals surface area contributed by atoms with E-state index in [1.807, 2.05) is 34.6 Å². The third-order valence-electron chi connectivity index (χ3n) is 3.87. The molecule has 0 radical (unpaired) electrons. The van der Waals surface area contributed by atoms with Crippen LogP contribution in [0.2, 0.25) is 0 Å². The Balaban J connectivity index is 1.48. The summed E-state index contributed by atoms with van der Waals surface area (Å²) in [6.45, 7) is 4.45. The predicted molar refractivity (Wildman–Crippen MR) is 91.7 cm³/mol. The Morgan fingerprint density at radius 2 is 1.82 bits per heavy atom. The largest absolute Gasteiger partial charge is 0.337 e. The normalized spacial score (nSPS) is 16.3. The Bertz CT molecular complexity index is 614. The van der Waals surface area contributed by atoms with Gasteiger partial charge in [-0.1, -0.05) is 36.4 Å². The van der Waals surface area contributed by atoms with Crippen LogP contribution in [-0.4, -0.2) is 41.9 Å². The van der Waals surface area contributed by atoms with Crippen molar-refractivity contribution in [2.75, 3.05) is 26.2 Å². The van der Waals surface area contributed by atoms with E-state index < -0.39 is 0 Å². The molecule has 1 aliphatic rings. The van der Waals surface area contributed by atoms with Gasteiger partial charge >= 0.3 is 0 Å². The summed E-state index contributed by atoms with van der Waals surface area (Å²) in [6.07, 6.45) is 3.60. The van der Waals surface area contributed by atoms with Crippen LogP contribution < -0.4 is 0 Å². The zero-order valence-corrected chi connectivity index (χ0v) is 13.3. The minimum atomic E-state index is 0.118. The molecule has 0 aliphatic carbocycles. The van der Waals surface area contributed by atoms with E-state index in [2.05, 4.69) is 29.2 Å². The molecule has 0 N–H and O–H groups in total. The van der Waals surface area contributed by atoms with Crippen molar-refractivity contribution < 1.29 is 4.79 Å². The Hall–Kier alpha value is -1.91. The molecule has 0 atom stereocenters. The zero-order chi connectivity index (χ0) is 15.2. The third-order valence-corrected chi connectivity index (χ3v) is 4.70. The van der Waals surface area contributed by atoms with Gasteiger partial charge in [-0.3, -0.25) is 9.69 Å². The molecule has 3 nitrogen and oxygen atoms in total. The number of benzene rings is 1. The molecule has 1 aromatic heterocycles. The minimum absolute atomic E-state index is 0.118. The van der Waals surface area contributed by atoms with E-state index in [0.717, 1.165) is 37.6 Å². The first-order valence-electron chi connectivity index (χ1n) is 7.58. The van der Waals surface area contributed by atoms with Crippen molar-refractivity contribution in [1.29, 1.82) is 0 Å². The minimum Gasteiger partial charge on any atom is -0.337 e. The summed E-state index contributed by atoms with van der Waals surface area (Å²) in [5.74, 6) is 0.118. The van der Waals surface area contributed by atoms with Crippen molar-refractivity contribution in [1.82, 2.24) is 9.80 Å². The Morgan fingerprint density at radius 3 is 2.50 bits per heavy atom.